The van der Waals surface area contributed by atoms with Gasteiger partial charge in [0.1, 0.15) is 0 Å². The van der Waals surface area contributed by atoms with Gasteiger partial charge in [0, 0.05) is 0 Å². The number of ether oxygens (including phenoxy) is 2. The SMILES string of the molecule is O=C([O-])/C=C/c1ccc2c(c1)OCO2.[CH3][Sn+]([CH3])[CH3]. The molecular formula is C13H16O4Sn. The minimum atomic E-state index is -1.22. The molecule has 0 aromatic heterocycles. The van der Waals surface area contributed by atoms with Crippen molar-refractivity contribution in [2.24, 2.45) is 0 Å². The third-order valence-corrected chi connectivity index (χ3v) is 1.81. The molecule has 1 aromatic carbocycles. The number of carbonyl (C=O) groups excluding carboxylic acids is 1. The van der Waals surface area contributed by atoms with Gasteiger partial charge >= 0.3 is 34.6 Å². The van der Waals surface area contributed by atoms with Crippen LogP contribution in [0.1, 0.15) is 5.56 Å². The van der Waals surface area contributed by atoms with E-state index in [2.05, 4.69) is 14.8 Å². The van der Waals surface area contributed by atoms with Gasteiger partial charge in [-0.15, -0.1) is 0 Å². The Morgan fingerprint density at radius 2 is 1.89 bits per heavy atom. The average Bonchev–Trinajstić information content (AvgIpc) is 2.72. The summed E-state index contributed by atoms with van der Waals surface area (Å²) >= 11 is -0.543. The Hall–Kier alpha value is -1.17. The molecule has 4 nitrogen and oxygen atoms in total. The molecular weight excluding hydrogens is 339 g/mol. The van der Waals surface area contributed by atoms with Crippen molar-refractivity contribution in [3.05, 3.63) is 29.8 Å². The summed E-state index contributed by atoms with van der Waals surface area (Å²) in [6.45, 7) is 0.211. The summed E-state index contributed by atoms with van der Waals surface area (Å²) in [6.07, 6.45) is 2.41. The van der Waals surface area contributed by atoms with Gasteiger partial charge < -0.3 is 19.4 Å². The van der Waals surface area contributed by atoms with Crippen molar-refractivity contribution in [1.29, 1.82) is 0 Å². The van der Waals surface area contributed by atoms with Crippen LogP contribution in [0.4, 0.5) is 0 Å². The molecule has 0 saturated heterocycles. The first-order valence-electron chi connectivity index (χ1n) is 5.54. The topological polar surface area (TPSA) is 58.6 Å². The minimum absolute atomic E-state index is 0.211. The molecule has 0 amide bonds. The van der Waals surface area contributed by atoms with Crippen LogP contribution in [0, 0.1) is 0 Å². The first-order chi connectivity index (χ1) is 8.49. The number of hydrogen-bond acceptors (Lipinski definition) is 4. The van der Waals surface area contributed by atoms with Gasteiger partial charge in [0.05, 0.1) is 5.97 Å². The maximum atomic E-state index is 10.2. The monoisotopic (exact) mass is 356 g/mol. The van der Waals surface area contributed by atoms with E-state index in [4.69, 9.17) is 9.47 Å². The van der Waals surface area contributed by atoms with E-state index in [9.17, 15) is 9.90 Å². The molecule has 0 aliphatic carbocycles. The Balaban J connectivity index is 0.000000357. The number of carboxylic acid groups (broad SMARTS) is 1. The predicted octanol–water partition coefficient (Wildman–Crippen LogP) is 1.55. The van der Waals surface area contributed by atoms with Crippen molar-refractivity contribution in [3.63, 3.8) is 0 Å². The Kier molecular flexibility index (Phi) is 6.04. The molecule has 0 atom stereocenters. The van der Waals surface area contributed by atoms with Crippen LogP contribution in [0.3, 0.4) is 0 Å². The summed E-state index contributed by atoms with van der Waals surface area (Å²) in [5.74, 6) is 0.0868. The molecule has 1 aliphatic heterocycles. The molecule has 5 heteroatoms. The first kappa shape index (κ1) is 14.9. The van der Waals surface area contributed by atoms with Gasteiger partial charge in [0.25, 0.3) is 0 Å². The van der Waals surface area contributed by atoms with Crippen molar-refractivity contribution >= 4 is 31.8 Å². The fourth-order valence-corrected chi connectivity index (χ4v) is 1.18. The Morgan fingerprint density at radius 1 is 1.28 bits per heavy atom. The van der Waals surface area contributed by atoms with Crippen LogP contribution in [0.2, 0.25) is 14.8 Å². The van der Waals surface area contributed by atoms with Crippen LogP contribution in [-0.2, 0) is 4.79 Å². The second-order valence-corrected chi connectivity index (χ2v) is 12.8. The summed E-state index contributed by atoms with van der Waals surface area (Å²) < 4.78 is 10.2. The summed E-state index contributed by atoms with van der Waals surface area (Å²) in [5.41, 5.74) is 0.735. The zero-order valence-corrected chi connectivity index (χ0v) is 13.6. The van der Waals surface area contributed by atoms with Crippen molar-refractivity contribution in [3.8, 4) is 11.5 Å². The molecule has 0 unspecified atom stereocenters. The molecule has 96 valence electrons. The molecule has 0 saturated carbocycles. The standard InChI is InChI=1S/C10H8O4.3CH3.Sn/c11-10(12)4-2-7-1-3-8-9(5-7)14-6-13-8;;;;/h1-5H,6H2,(H,11,12);3*1H3;/q;;;;+1/p-1/b4-2+;;;;. The van der Waals surface area contributed by atoms with E-state index in [1.54, 1.807) is 18.2 Å². The van der Waals surface area contributed by atoms with Gasteiger partial charge in [-0.1, -0.05) is 12.1 Å². The van der Waals surface area contributed by atoms with Crippen LogP contribution < -0.4 is 14.6 Å². The predicted molar refractivity (Wildman–Crippen MR) is 70.0 cm³/mol. The Morgan fingerprint density at radius 3 is 2.50 bits per heavy atom. The van der Waals surface area contributed by atoms with E-state index >= 15 is 0 Å². The summed E-state index contributed by atoms with van der Waals surface area (Å²) in [6, 6.07) is 5.19. The molecule has 1 aromatic rings. The number of benzene rings is 1. The molecule has 0 N–H and O–H groups in total. The van der Waals surface area contributed by atoms with Crippen LogP contribution >= 0.6 is 0 Å². The van der Waals surface area contributed by atoms with Gasteiger partial charge in [0.2, 0.25) is 6.79 Å². The van der Waals surface area contributed by atoms with Crippen LogP contribution in [0.5, 0.6) is 11.5 Å². The fourth-order valence-electron chi connectivity index (χ4n) is 1.18. The third kappa shape index (κ3) is 5.44. The van der Waals surface area contributed by atoms with Gasteiger partial charge in [-0.2, -0.15) is 0 Å². The normalized spacial score (nSPS) is 11.9. The average molecular weight is 355 g/mol. The molecule has 0 bridgehead atoms. The van der Waals surface area contributed by atoms with Crippen LogP contribution in [0.15, 0.2) is 24.3 Å². The van der Waals surface area contributed by atoms with Crippen molar-refractivity contribution in [2.45, 2.75) is 14.8 Å². The van der Waals surface area contributed by atoms with Crippen molar-refractivity contribution in [1.82, 2.24) is 0 Å². The molecule has 1 aliphatic rings. The molecule has 18 heavy (non-hydrogen) atoms. The van der Waals surface area contributed by atoms with Gasteiger partial charge in [-0.25, -0.2) is 0 Å². The number of fused-ring (bicyclic) bond motifs is 1. The van der Waals surface area contributed by atoms with Gasteiger partial charge in [-0.3, -0.25) is 0 Å². The van der Waals surface area contributed by atoms with Crippen molar-refractivity contribution in [2.75, 3.05) is 6.79 Å². The van der Waals surface area contributed by atoms with E-state index < -0.39 is 25.7 Å². The van der Waals surface area contributed by atoms with Crippen molar-refractivity contribution < 1.29 is 19.4 Å². The van der Waals surface area contributed by atoms with E-state index in [1.165, 1.54) is 6.08 Å². The number of aliphatic carboxylic acids is 1. The van der Waals surface area contributed by atoms with Gasteiger partial charge in [0.15, 0.2) is 11.5 Å². The zero-order chi connectivity index (χ0) is 13.5. The Bertz CT molecular complexity index is 438. The third-order valence-electron chi connectivity index (χ3n) is 1.81. The molecule has 1 heterocycles. The summed E-state index contributed by atoms with van der Waals surface area (Å²) in [7, 11) is 0. The van der Waals surface area contributed by atoms with E-state index in [-0.39, 0.29) is 6.79 Å². The van der Waals surface area contributed by atoms with Crippen LogP contribution in [-0.4, -0.2) is 32.5 Å². The molecule has 0 radical (unpaired) electrons. The number of hydrogen-bond donors (Lipinski definition) is 0. The maximum absolute atomic E-state index is 10.2. The Labute approximate surface area is 114 Å². The molecule has 0 spiro atoms. The molecule has 2 rings (SSSR count). The second-order valence-electron chi connectivity index (χ2n) is 4.27. The number of carboxylic acids is 1. The molecule has 0 fully saturated rings. The number of carbonyl (C=O) groups is 1. The summed E-state index contributed by atoms with van der Waals surface area (Å²) in [4.78, 5) is 17.2. The van der Waals surface area contributed by atoms with E-state index in [0.717, 1.165) is 11.6 Å². The van der Waals surface area contributed by atoms with Crippen LogP contribution in [0.25, 0.3) is 6.08 Å². The first-order valence-corrected chi connectivity index (χ1v) is 14.1. The quantitative estimate of drug-likeness (QED) is 0.597. The van der Waals surface area contributed by atoms with E-state index in [1.807, 2.05) is 0 Å². The summed E-state index contributed by atoms with van der Waals surface area (Å²) in [5, 5.41) is 10.2. The van der Waals surface area contributed by atoms with E-state index in [0.29, 0.717) is 11.5 Å². The zero-order valence-electron chi connectivity index (χ0n) is 10.7. The fraction of sp³-hybridized carbons (Fsp3) is 0.308. The second kappa shape index (κ2) is 7.30. The van der Waals surface area contributed by atoms with Gasteiger partial charge in [-0.05, 0) is 23.8 Å². The number of rotatable bonds is 2.